The summed E-state index contributed by atoms with van der Waals surface area (Å²) in [6.45, 7) is 5.34. The van der Waals surface area contributed by atoms with Crippen LogP contribution in [0.15, 0.2) is 71.6 Å². The average molecular weight is 506 g/mol. The number of carbonyl (C=O) groups excluding carboxylic acids is 1. The zero-order chi connectivity index (χ0) is 24.8. The standard InChI is InChI=1S/C28H27NO4S2/c1-19-13-20(2)15-23(14-19)32-11-12-33-24-10-9-22(16-25(24)31-3)17-26-27(30)29(28(34)35-26)18-21-7-5-4-6-8-21/h4-10,13-17H,11-12,18H2,1-3H3. The lowest BCUT2D eigenvalue weighted by molar-refractivity contribution is -0.122. The molecule has 5 nitrogen and oxygen atoms in total. The minimum Gasteiger partial charge on any atom is -0.493 e. The summed E-state index contributed by atoms with van der Waals surface area (Å²) in [6, 6.07) is 21.5. The van der Waals surface area contributed by atoms with Crippen molar-refractivity contribution in [1.29, 1.82) is 0 Å². The van der Waals surface area contributed by atoms with Gasteiger partial charge in [0.25, 0.3) is 5.91 Å². The lowest BCUT2D eigenvalue weighted by Gasteiger charge is -2.14. The van der Waals surface area contributed by atoms with Gasteiger partial charge < -0.3 is 14.2 Å². The van der Waals surface area contributed by atoms with Gasteiger partial charge in [0.2, 0.25) is 0 Å². The first kappa shape index (κ1) is 24.8. The van der Waals surface area contributed by atoms with E-state index in [-0.39, 0.29) is 5.91 Å². The molecule has 1 fully saturated rings. The number of aryl methyl sites for hydroxylation is 2. The molecule has 1 saturated heterocycles. The highest BCUT2D eigenvalue weighted by molar-refractivity contribution is 8.26. The molecule has 1 amide bonds. The average Bonchev–Trinajstić information content (AvgIpc) is 3.09. The molecule has 0 unspecified atom stereocenters. The van der Waals surface area contributed by atoms with Crippen LogP contribution in [0.3, 0.4) is 0 Å². The fourth-order valence-corrected chi connectivity index (χ4v) is 5.03. The summed E-state index contributed by atoms with van der Waals surface area (Å²) >= 11 is 6.77. The Morgan fingerprint density at radius 1 is 0.914 bits per heavy atom. The van der Waals surface area contributed by atoms with E-state index < -0.39 is 0 Å². The van der Waals surface area contributed by atoms with Gasteiger partial charge in [-0.25, -0.2) is 0 Å². The van der Waals surface area contributed by atoms with Crippen LogP contribution >= 0.6 is 24.0 Å². The minimum atomic E-state index is -0.0910. The van der Waals surface area contributed by atoms with E-state index in [9.17, 15) is 4.79 Å². The van der Waals surface area contributed by atoms with Crippen molar-refractivity contribution in [3.05, 3.63) is 93.9 Å². The summed E-state index contributed by atoms with van der Waals surface area (Å²) in [5, 5.41) is 0. The van der Waals surface area contributed by atoms with E-state index in [0.717, 1.165) is 28.0 Å². The van der Waals surface area contributed by atoms with E-state index in [4.69, 9.17) is 26.4 Å². The van der Waals surface area contributed by atoms with Crippen LogP contribution in [0.5, 0.6) is 17.2 Å². The van der Waals surface area contributed by atoms with Crippen molar-refractivity contribution in [2.45, 2.75) is 20.4 Å². The summed E-state index contributed by atoms with van der Waals surface area (Å²) in [5.74, 6) is 1.94. The molecule has 1 heterocycles. The van der Waals surface area contributed by atoms with Crippen LogP contribution in [0.4, 0.5) is 0 Å². The van der Waals surface area contributed by atoms with Crippen molar-refractivity contribution in [2.24, 2.45) is 0 Å². The highest BCUT2D eigenvalue weighted by atomic mass is 32.2. The first-order valence-electron chi connectivity index (χ1n) is 11.2. The molecule has 0 aromatic heterocycles. The van der Waals surface area contributed by atoms with Crippen molar-refractivity contribution in [3.8, 4) is 17.2 Å². The third-order valence-corrected chi connectivity index (χ3v) is 6.73. The fraction of sp³-hybridized carbons (Fsp3) is 0.214. The molecule has 0 bridgehead atoms. The second-order valence-electron chi connectivity index (χ2n) is 8.18. The molecular formula is C28H27NO4S2. The van der Waals surface area contributed by atoms with Gasteiger partial charge in [-0.05, 0) is 66.4 Å². The summed E-state index contributed by atoms with van der Waals surface area (Å²) < 4.78 is 17.8. The highest BCUT2D eigenvalue weighted by Crippen LogP contribution is 2.35. The molecular weight excluding hydrogens is 478 g/mol. The SMILES string of the molecule is COc1cc(C=C2SC(=S)N(Cc3ccccc3)C2=O)ccc1OCCOc1cc(C)cc(C)c1. The molecule has 0 spiro atoms. The molecule has 0 N–H and O–H groups in total. The van der Waals surface area contributed by atoms with E-state index in [1.54, 1.807) is 12.0 Å². The summed E-state index contributed by atoms with van der Waals surface area (Å²) in [7, 11) is 1.59. The van der Waals surface area contributed by atoms with Gasteiger partial charge >= 0.3 is 0 Å². The van der Waals surface area contributed by atoms with Gasteiger partial charge in [-0.1, -0.05) is 66.4 Å². The van der Waals surface area contributed by atoms with Crippen LogP contribution in [0, 0.1) is 13.8 Å². The van der Waals surface area contributed by atoms with Crippen LogP contribution in [0.1, 0.15) is 22.3 Å². The van der Waals surface area contributed by atoms with Crippen LogP contribution in [-0.4, -0.2) is 35.5 Å². The lowest BCUT2D eigenvalue weighted by Crippen LogP contribution is -2.27. The lowest BCUT2D eigenvalue weighted by atomic mass is 10.1. The van der Waals surface area contributed by atoms with Crippen LogP contribution in [-0.2, 0) is 11.3 Å². The monoisotopic (exact) mass is 505 g/mol. The molecule has 7 heteroatoms. The number of rotatable bonds is 9. The van der Waals surface area contributed by atoms with Gasteiger partial charge in [0.1, 0.15) is 23.3 Å². The molecule has 0 aliphatic carbocycles. The molecule has 3 aromatic carbocycles. The van der Waals surface area contributed by atoms with Crippen LogP contribution < -0.4 is 14.2 Å². The zero-order valence-electron chi connectivity index (χ0n) is 19.9. The number of thiocarbonyl (C=S) groups is 1. The predicted octanol–water partition coefficient (Wildman–Crippen LogP) is 6.17. The number of carbonyl (C=O) groups is 1. The summed E-state index contributed by atoms with van der Waals surface area (Å²) in [4.78, 5) is 15.2. The Morgan fingerprint density at radius 3 is 2.34 bits per heavy atom. The van der Waals surface area contributed by atoms with Gasteiger partial charge in [0.05, 0.1) is 18.6 Å². The highest BCUT2D eigenvalue weighted by Gasteiger charge is 2.32. The molecule has 1 aliphatic rings. The Labute approximate surface area is 215 Å². The van der Waals surface area contributed by atoms with Crippen molar-refractivity contribution < 1.29 is 19.0 Å². The molecule has 4 rings (SSSR count). The van der Waals surface area contributed by atoms with Gasteiger partial charge in [0, 0.05) is 0 Å². The van der Waals surface area contributed by atoms with Crippen molar-refractivity contribution in [2.75, 3.05) is 20.3 Å². The molecule has 0 saturated carbocycles. The van der Waals surface area contributed by atoms with E-state index in [1.807, 2.05) is 80.6 Å². The zero-order valence-corrected chi connectivity index (χ0v) is 21.6. The van der Waals surface area contributed by atoms with Crippen molar-refractivity contribution in [1.82, 2.24) is 4.90 Å². The first-order valence-corrected chi connectivity index (χ1v) is 12.5. The molecule has 180 valence electrons. The molecule has 1 aliphatic heterocycles. The second-order valence-corrected chi connectivity index (χ2v) is 9.86. The first-order chi connectivity index (χ1) is 16.9. The Morgan fingerprint density at radius 2 is 1.63 bits per heavy atom. The Balaban J connectivity index is 1.38. The fourth-order valence-electron chi connectivity index (χ4n) is 3.77. The number of nitrogens with zero attached hydrogens (tertiary/aromatic N) is 1. The number of amides is 1. The minimum absolute atomic E-state index is 0.0910. The summed E-state index contributed by atoms with van der Waals surface area (Å²) in [5.41, 5.74) is 4.20. The number of hydrogen-bond acceptors (Lipinski definition) is 6. The van der Waals surface area contributed by atoms with Crippen molar-refractivity contribution in [3.63, 3.8) is 0 Å². The molecule has 35 heavy (non-hydrogen) atoms. The van der Waals surface area contributed by atoms with E-state index in [1.165, 1.54) is 11.8 Å². The quantitative estimate of drug-likeness (QED) is 0.197. The third-order valence-electron chi connectivity index (χ3n) is 5.35. The van der Waals surface area contributed by atoms with Gasteiger partial charge in [0.15, 0.2) is 11.5 Å². The molecule has 0 atom stereocenters. The largest absolute Gasteiger partial charge is 0.493 e. The Bertz CT molecular complexity index is 1240. The maximum atomic E-state index is 13.0. The number of hydrogen-bond donors (Lipinski definition) is 0. The number of methoxy groups -OCH3 is 1. The predicted molar refractivity (Wildman–Crippen MR) is 145 cm³/mol. The van der Waals surface area contributed by atoms with Crippen LogP contribution in [0.25, 0.3) is 6.08 Å². The third kappa shape index (κ3) is 6.44. The number of benzene rings is 3. The smallest absolute Gasteiger partial charge is 0.266 e. The topological polar surface area (TPSA) is 48.0 Å². The molecule has 3 aromatic rings. The van der Waals surface area contributed by atoms with Crippen LogP contribution in [0.2, 0.25) is 0 Å². The van der Waals surface area contributed by atoms with E-state index in [0.29, 0.717) is 40.5 Å². The summed E-state index contributed by atoms with van der Waals surface area (Å²) in [6.07, 6.45) is 1.83. The van der Waals surface area contributed by atoms with Crippen molar-refractivity contribution >= 4 is 40.3 Å². The number of ether oxygens (including phenoxy) is 3. The maximum Gasteiger partial charge on any atom is 0.266 e. The maximum absolute atomic E-state index is 13.0. The van der Waals surface area contributed by atoms with E-state index >= 15 is 0 Å². The normalized spacial score (nSPS) is 14.5. The van der Waals surface area contributed by atoms with Gasteiger partial charge in [-0.2, -0.15) is 0 Å². The van der Waals surface area contributed by atoms with Gasteiger partial charge in [-0.3, -0.25) is 9.69 Å². The van der Waals surface area contributed by atoms with Gasteiger partial charge in [-0.15, -0.1) is 0 Å². The Hall–Kier alpha value is -3.29. The second kappa shape index (κ2) is 11.4. The molecule has 0 radical (unpaired) electrons. The Kier molecular flexibility index (Phi) is 8.10. The van der Waals surface area contributed by atoms with E-state index in [2.05, 4.69) is 6.07 Å². The number of thioether (sulfide) groups is 1.